The summed E-state index contributed by atoms with van der Waals surface area (Å²) in [5.74, 6) is -0.497. The molecule has 2 N–H and O–H groups in total. The smallest absolute Gasteiger partial charge is 0.262 e. The van der Waals surface area contributed by atoms with Crippen LogP contribution in [0.2, 0.25) is 10.0 Å². The van der Waals surface area contributed by atoms with Gasteiger partial charge in [-0.05, 0) is 41.2 Å². The van der Waals surface area contributed by atoms with E-state index >= 15 is 0 Å². The van der Waals surface area contributed by atoms with E-state index in [0.29, 0.717) is 16.5 Å². The van der Waals surface area contributed by atoms with E-state index in [-0.39, 0.29) is 10.9 Å². The fourth-order valence-electron chi connectivity index (χ4n) is 2.60. The van der Waals surface area contributed by atoms with Crippen molar-refractivity contribution in [3.63, 3.8) is 0 Å². The molecule has 0 radical (unpaired) electrons. The lowest BCUT2D eigenvalue weighted by atomic mass is 10.0. The number of nitrogens with zero attached hydrogens (tertiary/aromatic N) is 1. The predicted molar refractivity (Wildman–Crippen MR) is 119 cm³/mol. The summed E-state index contributed by atoms with van der Waals surface area (Å²) in [4.78, 5) is 25.0. The van der Waals surface area contributed by atoms with Crippen LogP contribution in [-0.2, 0) is 4.79 Å². The number of hydrogen-bond acceptors (Lipinski definition) is 3. The second kappa shape index (κ2) is 10.4. The van der Waals surface area contributed by atoms with E-state index in [1.165, 1.54) is 17.7 Å². The van der Waals surface area contributed by atoms with Crippen LogP contribution in [0.25, 0.3) is 0 Å². The third-order valence-electron chi connectivity index (χ3n) is 4.41. The molecule has 0 aromatic heterocycles. The van der Waals surface area contributed by atoms with Crippen LogP contribution in [0, 0.1) is 5.92 Å². The van der Waals surface area contributed by atoms with Crippen LogP contribution in [-0.4, -0.2) is 24.1 Å². The van der Waals surface area contributed by atoms with Gasteiger partial charge in [-0.1, -0.05) is 75.2 Å². The molecule has 0 saturated carbocycles. The van der Waals surface area contributed by atoms with Crippen molar-refractivity contribution in [3.05, 3.63) is 69.2 Å². The highest BCUT2D eigenvalue weighted by Crippen LogP contribution is 2.22. The van der Waals surface area contributed by atoms with Gasteiger partial charge in [0.1, 0.15) is 6.04 Å². The maximum Gasteiger partial charge on any atom is 0.262 e. The molecule has 0 saturated heterocycles. The van der Waals surface area contributed by atoms with E-state index in [1.54, 1.807) is 12.3 Å². The SMILES string of the molecule is CC(C)c1ccc(C=NNC(=O)C(NC(=O)c2ccc(Cl)c(Cl)c2)C(C)C)cc1. The Kier molecular flexibility index (Phi) is 8.23. The van der Waals surface area contributed by atoms with Gasteiger partial charge in [-0.2, -0.15) is 5.10 Å². The molecule has 5 nitrogen and oxygen atoms in total. The second-order valence-electron chi connectivity index (χ2n) is 7.38. The Morgan fingerprint density at radius 3 is 2.17 bits per heavy atom. The summed E-state index contributed by atoms with van der Waals surface area (Å²) in [6.07, 6.45) is 1.57. The predicted octanol–water partition coefficient (Wildman–Crippen LogP) is 5.02. The Balaban J connectivity index is 2.01. The molecule has 0 aliphatic heterocycles. The van der Waals surface area contributed by atoms with E-state index in [0.717, 1.165) is 5.56 Å². The number of rotatable bonds is 7. The molecule has 1 atom stereocenters. The highest BCUT2D eigenvalue weighted by molar-refractivity contribution is 6.42. The number of hydrazone groups is 1. The van der Waals surface area contributed by atoms with E-state index in [9.17, 15) is 9.59 Å². The summed E-state index contributed by atoms with van der Waals surface area (Å²) in [5.41, 5.74) is 4.92. The first kappa shape index (κ1) is 22.9. The van der Waals surface area contributed by atoms with Crippen molar-refractivity contribution in [2.75, 3.05) is 0 Å². The quantitative estimate of drug-likeness (QED) is 0.475. The molecule has 0 spiro atoms. The third-order valence-corrected chi connectivity index (χ3v) is 5.15. The lowest BCUT2D eigenvalue weighted by Gasteiger charge is -2.20. The van der Waals surface area contributed by atoms with Crippen LogP contribution < -0.4 is 10.7 Å². The third kappa shape index (κ3) is 6.58. The minimum atomic E-state index is -0.752. The van der Waals surface area contributed by atoms with Crippen molar-refractivity contribution in [1.29, 1.82) is 0 Å². The van der Waals surface area contributed by atoms with Crippen LogP contribution in [0.15, 0.2) is 47.6 Å². The van der Waals surface area contributed by atoms with Gasteiger partial charge in [0.05, 0.1) is 16.3 Å². The molecule has 2 aromatic rings. The first-order chi connectivity index (χ1) is 13.7. The molecule has 7 heteroatoms. The first-order valence-electron chi connectivity index (χ1n) is 9.37. The van der Waals surface area contributed by atoms with Crippen molar-refractivity contribution in [2.45, 2.75) is 39.7 Å². The van der Waals surface area contributed by atoms with E-state index < -0.39 is 17.9 Å². The van der Waals surface area contributed by atoms with E-state index in [4.69, 9.17) is 23.2 Å². The summed E-state index contributed by atoms with van der Waals surface area (Å²) >= 11 is 11.8. The molecule has 0 bridgehead atoms. The zero-order chi connectivity index (χ0) is 21.6. The van der Waals surface area contributed by atoms with Crippen LogP contribution in [0.1, 0.15) is 55.1 Å². The summed E-state index contributed by atoms with van der Waals surface area (Å²) in [6.45, 7) is 7.94. The molecule has 2 rings (SSSR count). The average molecular weight is 434 g/mol. The van der Waals surface area contributed by atoms with Crippen LogP contribution >= 0.6 is 23.2 Å². The Morgan fingerprint density at radius 1 is 0.966 bits per heavy atom. The Bertz CT molecular complexity index is 893. The summed E-state index contributed by atoms with van der Waals surface area (Å²) in [6, 6.07) is 11.7. The summed E-state index contributed by atoms with van der Waals surface area (Å²) in [7, 11) is 0. The molecule has 154 valence electrons. The van der Waals surface area contributed by atoms with Crippen molar-refractivity contribution in [2.24, 2.45) is 11.0 Å². The van der Waals surface area contributed by atoms with Crippen molar-refractivity contribution >= 4 is 41.2 Å². The van der Waals surface area contributed by atoms with E-state index in [1.807, 2.05) is 38.1 Å². The number of benzene rings is 2. The van der Waals surface area contributed by atoms with Gasteiger partial charge in [0.15, 0.2) is 0 Å². The molecule has 29 heavy (non-hydrogen) atoms. The zero-order valence-electron chi connectivity index (χ0n) is 16.9. The molecule has 0 heterocycles. The van der Waals surface area contributed by atoms with Gasteiger partial charge in [-0.25, -0.2) is 5.43 Å². The number of hydrogen-bond donors (Lipinski definition) is 2. The number of carbonyl (C=O) groups is 2. The van der Waals surface area contributed by atoms with Crippen LogP contribution in [0.5, 0.6) is 0 Å². The largest absolute Gasteiger partial charge is 0.340 e. The molecular weight excluding hydrogens is 409 g/mol. The zero-order valence-corrected chi connectivity index (χ0v) is 18.4. The summed E-state index contributed by atoms with van der Waals surface area (Å²) < 4.78 is 0. The highest BCUT2D eigenvalue weighted by atomic mass is 35.5. The monoisotopic (exact) mass is 433 g/mol. The Labute approximate surface area is 181 Å². The van der Waals surface area contributed by atoms with Gasteiger partial charge in [0, 0.05) is 5.56 Å². The molecule has 0 aliphatic carbocycles. The van der Waals surface area contributed by atoms with Crippen molar-refractivity contribution in [3.8, 4) is 0 Å². The van der Waals surface area contributed by atoms with E-state index in [2.05, 4.69) is 29.7 Å². The number of amides is 2. The fourth-order valence-corrected chi connectivity index (χ4v) is 2.90. The maximum absolute atomic E-state index is 12.5. The van der Waals surface area contributed by atoms with Gasteiger partial charge in [0.25, 0.3) is 11.8 Å². The second-order valence-corrected chi connectivity index (χ2v) is 8.19. The van der Waals surface area contributed by atoms with Crippen molar-refractivity contribution in [1.82, 2.24) is 10.7 Å². The molecular formula is C22H25Cl2N3O2. The maximum atomic E-state index is 12.5. The molecule has 2 aromatic carbocycles. The molecule has 2 amide bonds. The lowest BCUT2D eigenvalue weighted by molar-refractivity contribution is -0.123. The minimum absolute atomic E-state index is 0.137. The Morgan fingerprint density at radius 2 is 1.62 bits per heavy atom. The van der Waals surface area contributed by atoms with Gasteiger partial charge >= 0.3 is 0 Å². The van der Waals surface area contributed by atoms with Gasteiger partial charge in [0.2, 0.25) is 0 Å². The average Bonchev–Trinajstić information content (AvgIpc) is 2.68. The highest BCUT2D eigenvalue weighted by Gasteiger charge is 2.24. The normalized spacial score (nSPS) is 12.4. The van der Waals surface area contributed by atoms with Gasteiger partial charge in [-0.15, -0.1) is 0 Å². The number of carbonyl (C=O) groups excluding carboxylic acids is 2. The van der Waals surface area contributed by atoms with Crippen LogP contribution in [0.3, 0.4) is 0 Å². The fraction of sp³-hybridized carbons (Fsp3) is 0.318. The standard InChI is InChI=1S/C22H25Cl2N3O2/c1-13(2)16-7-5-15(6-8-16)12-25-27-22(29)20(14(3)4)26-21(28)17-9-10-18(23)19(24)11-17/h5-14,20H,1-4H3,(H,26,28)(H,27,29). The minimum Gasteiger partial charge on any atom is -0.340 e. The van der Waals surface area contributed by atoms with Crippen molar-refractivity contribution < 1.29 is 9.59 Å². The van der Waals surface area contributed by atoms with Gasteiger partial charge < -0.3 is 5.32 Å². The number of nitrogens with one attached hydrogen (secondary N) is 2. The molecule has 0 fully saturated rings. The Hall–Kier alpha value is -2.37. The summed E-state index contributed by atoms with van der Waals surface area (Å²) in [5, 5.41) is 7.37. The molecule has 1 unspecified atom stereocenters. The lowest BCUT2D eigenvalue weighted by Crippen LogP contribution is -2.48. The number of halogens is 2. The molecule has 0 aliphatic rings. The first-order valence-corrected chi connectivity index (χ1v) is 10.1. The topological polar surface area (TPSA) is 70.6 Å². The van der Waals surface area contributed by atoms with Gasteiger partial charge in [-0.3, -0.25) is 9.59 Å². The van der Waals surface area contributed by atoms with Crippen LogP contribution in [0.4, 0.5) is 0 Å².